The molecule has 0 amide bonds. The van der Waals surface area contributed by atoms with Crippen molar-refractivity contribution in [2.45, 2.75) is 13.8 Å². The Morgan fingerprint density at radius 3 is 3.00 bits per heavy atom. The molecule has 5 nitrogen and oxygen atoms in total. The molecule has 0 aliphatic carbocycles. The monoisotopic (exact) mass is 255 g/mol. The smallest absolute Gasteiger partial charge is 0.357 e. The minimum atomic E-state index is -0.412. The summed E-state index contributed by atoms with van der Waals surface area (Å²) in [5, 5.41) is 0. The first-order valence-corrected chi connectivity index (χ1v) is 6.12. The van der Waals surface area contributed by atoms with Crippen LogP contribution in [0.4, 0.5) is 0 Å². The number of pyridine rings is 2. The van der Waals surface area contributed by atoms with Gasteiger partial charge in [-0.05, 0) is 32.0 Å². The van der Waals surface area contributed by atoms with Gasteiger partial charge >= 0.3 is 5.97 Å². The van der Waals surface area contributed by atoms with Crippen LogP contribution >= 0.6 is 0 Å². The summed E-state index contributed by atoms with van der Waals surface area (Å²) in [6, 6.07) is 7.46. The van der Waals surface area contributed by atoms with Crippen LogP contribution in [-0.4, -0.2) is 26.9 Å². The minimum absolute atomic E-state index is 0.301. The van der Waals surface area contributed by atoms with Crippen LogP contribution in [0.25, 0.3) is 16.7 Å². The fourth-order valence-electron chi connectivity index (χ4n) is 2.18. The molecule has 96 valence electrons. The zero-order valence-corrected chi connectivity index (χ0v) is 10.8. The molecule has 0 atom stereocenters. The second-order valence-electron chi connectivity index (χ2n) is 4.22. The Kier molecular flexibility index (Phi) is 2.67. The van der Waals surface area contributed by atoms with E-state index in [1.165, 1.54) is 0 Å². The molecule has 0 aliphatic rings. The summed E-state index contributed by atoms with van der Waals surface area (Å²) in [6.07, 6.45) is 1.93. The first-order chi connectivity index (χ1) is 9.20. The molecule has 0 bridgehead atoms. The van der Waals surface area contributed by atoms with Crippen molar-refractivity contribution in [2.24, 2.45) is 0 Å². The molecule has 0 fully saturated rings. The predicted molar refractivity (Wildman–Crippen MR) is 71.2 cm³/mol. The molecule has 0 radical (unpaired) electrons. The van der Waals surface area contributed by atoms with E-state index in [1.54, 1.807) is 13.0 Å². The number of ether oxygens (including phenoxy) is 1. The lowest BCUT2D eigenvalue weighted by Crippen LogP contribution is -2.08. The van der Waals surface area contributed by atoms with Crippen molar-refractivity contribution in [3.8, 4) is 0 Å². The standard InChI is InChI=1S/C14H13N3O2/c1-3-19-14(18)11-8-10-13(9(2)15-11)17-7-5-4-6-12(17)16-10/h4-8H,3H2,1-2H3. The zero-order chi connectivity index (χ0) is 13.4. The van der Waals surface area contributed by atoms with E-state index in [0.717, 1.165) is 22.4 Å². The zero-order valence-electron chi connectivity index (χ0n) is 10.8. The van der Waals surface area contributed by atoms with Gasteiger partial charge in [0.25, 0.3) is 0 Å². The summed E-state index contributed by atoms with van der Waals surface area (Å²) < 4.78 is 6.93. The van der Waals surface area contributed by atoms with Crippen molar-refractivity contribution >= 4 is 22.6 Å². The van der Waals surface area contributed by atoms with Crippen molar-refractivity contribution in [2.75, 3.05) is 6.61 Å². The topological polar surface area (TPSA) is 56.5 Å². The second-order valence-corrected chi connectivity index (χ2v) is 4.22. The Balaban J connectivity index is 2.26. The Morgan fingerprint density at radius 1 is 1.37 bits per heavy atom. The van der Waals surface area contributed by atoms with E-state index in [9.17, 15) is 4.79 Å². The van der Waals surface area contributed by atoms with Crippen LogP contribution < -0.4 is 0 Å². The third-order valence-electron chi connectivity index (χ3n) is 2.95. The van der Waals surface area contributed by atoms with Gasteiger partial charge in [0.15, 0.2) is 5.69 Å². The number of rotatable bonds is 2. The van der Waals surface area contributed by atoms with Crippen LogP contribution in [0.3, 0.4) is 0 Å². The van der Waals surface area contributed by atoms with E-state index >= 15 is 0 Å². The molecule has 0 aliphatic heterocycles. The number of fused-ring (bicyclic) bond motifs is 3. The lowest BCUT2D eigenvalue weighted by Gasteiger charge is -2.03. The van der Waals surface area contributed by atoms with E-state index in [1.807, 2.05) is 35.7 Å². The first kappa shape index (κ1) is 11.6. The maximum absolute atomic E-state index is 11.7. The molecule has 5 heteroatoms. The highest BCUT2D eigenvalue weighted by atomic mass is 16.5. The third kappa shape index (κ3) is 1.83. The normalized spacial score (nSPS) is 11.1. The van der Waals surface area contributed by atoms with Crippen LogP contribution in [0.5, 0.6) is 0 Å². The Labute approximate surface area is 109 Å². The number of carbonyl (C=O) groups is 1. The number of nitrogens with zero attached hydrogens (tertiary/aromatic N) is 3. The quantitative estimate of drug-likeness (QED) is 0.660. The molecule has 0 saturated heterocycles. The average molecular weight is 255 g/mol. The number of hydrogen-bond acceptors (Lipinski definition) is 4. The van der Waals surface area contributed by atoms with Gasteiger partial charge in [-0.15, -0.1) is 0 Å². The fraction of sp³-hybridized carbons (Fsp3) is 0.214. The van der Waals surface area contributed by atoms with Crippen molar-refractivity contribution in [1.29, 1.82) is 0 Å². The van der Waals surface area contributed by atoms with Crippen LogP contribution in [0, 0.1) is 6.92 Å². The van der Waals surface area contributed by atoms with E-state index < -0.39 is 5.97 Å². The van der Waals surface area contributed by atoms with Crippen LogP contribution in [-0.2, 0) is 4.74 Å². The fourth-order valence-corrected chi connectivity index (χ4v) is 2.18. The van der Waals surface area contributed by atoms with Crippen LogP contribution in [0.1, 0.15) is 23.1 Å². The summed E-state index contributed by atoms with van der Waals surface area (Å²) in [6.45, 7) is 3.98. The molecule has 3 aromatic rings. The van der Waals surface area contributed by atoms with Crippen molar-refractivity contribution in [3.63, 3.8) is 0 Å². The van der Waals surface area contributed by atoms with Crippen molar-refractivity contribution in [3.05, 3.63) is 41.9 Å². The molecule has 0 saturated carbocycles. The summed E-state index contributed by atoms with van der Waals surface area (Å²) in [4.78, 5) is 20.5. The number of esters is 1. The van der Waals surface area contributed by atoms with Crippen LogP contribution in [0.2, 0.25) is 0 Å². The third-order valence-corrected chi connectivity index (χ3v) is 2.95. The molecule has 0 aromatic carbocycles. The summed E-state index contributed by atoms with van der Waals surface area (Å²) in [5.74, 6) is -0.412. The van der Waals surface area contributed by atoms with Gasteiger partial charge in [0, 0.05) is 6.20 Å². The van der Waals surface area contributed by atoms with Crippen LogP contribution in [0.15, 0.2) is 30.5 Å². The van der Waals surface area contributed by atoms with E-state index in [-0.39, 0.29) is 0 Å². The highest BCUT2D eigenvalue weighted by molar-refractivity contribution is 5.93. The average Bonchev–Trinajstić information content (AvgIpc) is 2.77. The second kappa shape index (κ2) is 4.35. The molecule has 0 spiro atoms. The van der Waals surface area contributed by atoms with Crippen molar-refractivity contribution < 1.29 is 9.53 Å². The summed E-state index contributed by atoms with van der Waals surface area (Å²) >= 11 is 0. The lowest BCUT2D eigenvalue weighted by molar-refractivity contribution is 0.0519. The molecule has 3 rings (SSSR count). The van der Waals surface area contributed by atoms with Gasteiger partial charge in [-0.2, -0.15) is 0 Å². The van der Waals surface area contributed by atoms with E-state index in [0.29, 0.717) is 12.3 Å². The molecular formula is C14H13N3O2. The van der Waals surface area contributed by atoms with Gasteiger partial charge in [-0.3, -0.25) is 4.40 Å². The SMILES string of the molecule is CCOC(=O)c1cc2nc3ccccn3c2c(C)n1. The maximum Gasteiger partial charge on any atom is 0.357 e. The van der Waals surface area contributed by atoms with Gasteiger partial charge in [-0.1, -0.05) is 6.07 Å². The first-order valence-electron chi connectivity index (χ1n) is 6.12. The lowest BCUT2D eigenvalue weighted by atomic mass is 10.2. The number of hydrogen-bond donors (Lipinski definition) is 0. The van der Waals surface area contributed by atoms with E-state index in [2.05, 4.69) is 9.97 Å². The van der Waals surface area contributed by atoms with Crippen molar-refractivity contribution in [1.82, 2.24) is 14.4 Å². The Bertz CT molecular complexity index is 777. The molecule has 0 N–H and O–H groups in total. The highest BCUT2D eigenvalue weighted by Gasteiger charge is 2.14. The number of aryl methyl sites for hydroxylation is 1. The van der Waals surface area contributed by atoms with Gasteiger partial charge < -0.3 is 4.74 Å². The summed E-state index contributed by atoms with van der Waals surface area (Å²) in [5.41, 5.74) is 3.57. The number of imidazole rings is 1. The van der Waals surface area contributed by atoms with Gasteiger partial charge in [0.05, 0.1) is 23.3 Å². The van der Waals surface area contributed by atoms with Gasteiger partial charge in [-0.25, -0.2) is 14.8 Å². The van der Waals surface area contributed by atoms with E-state index in [4.69, 9.17) is 4.74 Å². The molecule has 0 unspecified atom stereocenters. The molecule has 3 heterocycles. The predicted octanol–water partition coefficient (Wildman–Crippen LogP) is 2.37. The minimum Gasteiger partial charge on any atom is -0.461 e. The largest absolute Gasteiger partial charge is 0.461 e. The molecule has 3 aromatic heterocycles. The molecular weight excluding hydrogens is 242 g/mol. The number of aromatic nitrogens is 3. The Hall–Kier alpha value is -2.43. The summed E-state index contributed by atoms with van der Waals surface area (Å²) in [7, 11) is 0. The number of carbonyl (C=O) groups excluding carboxylic acids is 1. The highest BCUT2D eigenvalue weighted by Crippen LogP contribution is 2.20. The Morgan fingerprint density at radius 2 is 2.21 bits per heavy atom. The maximum atomic E-state index is 11.7. The van der Waals surface area contributed by atoms with Gasteiger partial charge in [0.2, 0.25) is 0 Å². The van der Waals surface area contributed by atoms with Gasteiger partial charge in [0.1, 0.15) is 5.65 Å². The molecule has 19 heavy (non-hydrogen) atoms.